The maximum Gasteiger partial charge on any atom is 0.212 e. The fraction of sp³-hybridized carbons (Fsp3) is 0.591. The Morgan fingerprint density at radius 3 is 2.65 bits per heavy atom. The van der Waals surface area contributed by atoms with Crippen LogP contribution in [0.25, 0.3) is 0 Å². The van der Waals surface area contributed by atoms with Crippen molar-refractivity contribution in [1.82, 2.24) is 15.1 Å². The fourth-order valence-corrected chi connectivity index (χ4v) is 4.07. The number of hydrogen-bond acceptors (Lipinski definition) is 3. The van der Waals surface area contributed by atoms with Crippen molar-refractivity contribution in [3.05, 3.63) is 46.6 Å². The molecule has 1 unspecified atom stereocenters. The summed E-state index contributed by atoms with van der Waals surface area (Å²) in [5.74, 6) is 1.60. The minimum atomic E-state index is 0.384. The fourth-order valence-electron chi connectivity index (χ4n) is 4.07. The van der Waals surface area contributed by atoms with E-state index >= 15 is 0 Å². The van der Waals surface area contributed by atoms with Crippen molar-refractivity contribution in [2.24, 2.45) is 5.92 Å². The molecule has 1 aromatic carbocycles. The third-order valence-corrected chi connectivity index (χ3v) is 5.70. The molecule has 1 saturated carbocycles. The quantitative estimate of drug-likeness (QED) is 0.764. The van der Waals surface area contributed by atoms with Gasteiger partial charge in [0.1, 0.15) is 6.61 Å². The Labute approximate surface area is 157 Å². The first-order valence-electron chi connectivity index (χ1n) is 10.0. The van der Waals surface area contributed by atoms with Crippen molar-refractivity contribution in [1.29, 1.82) is 0 Å². The Kier molecular flexibility index (Phi) is 6.36. The van der Waals surface area contributed by atoms with Crippen LogP contribution in [0.2, 0.25) is 0 Å². The van der Waals surface area contributed by atoms with Gasteiger partial charge in [0.15, 0.2) is 0 Å². The Hall–Kier alpha value is -1.81. The third kappa shape index (κ3) is 4.47. The normalized spacial score (nSPS) is 16.6. The first-order chi connectivity index (χ1) is 12.6. The van der Waals surface area contributed by atoms with Crippen LogP contribution in [0.15, 0.2) is 24.3 Å². The summed E-state index contributed by atoms with van der Waals surface area (Å²) in [5, 5.41) is 8.05. The lowest BCUT2D eigenvalue weighted by Gasteiger charge is -2.28. The van der Waals surface area contributed by atoms with Gasteiger partial charge in [0.2, 0.25) is 5.88 Å². The van der Waals surface area contributed by atoms with Gasteiger partial charge in [-0.2, -0.15) is 5.10 Å². The van der Waals surface area contributed by atoms with Crippen molar-refractivity contribution in [2.45, 2.75) is 72.1 Å². The van der Waals surface area contributed by atoms with Gasteiger partial charge in [-0.05, 0) is 57.7 Å². The van der Waals surface area contributed by atoms with Crippen LogP contribution in [0.5, 0.6) is 5.88 Å². The summed E-state index contributed by atoms with van der Waals surface area (Å²) in [6.07, 6.45) is 6.68. The van der Waals surface area contributed by atoms with Crippen molar-refractivity contribution in [3.8, 4) is 5.88 Å². The standard InChI is InChI=1S/C22H33N3O/c1-16-10-11-20(17(2)12-16)15-26-22-13-21(14-23-4)24-25(22)18(3)19-8-6-5-7-9-19/h10-13,18-19,23H,5-9,14-15H2,1-4H3. The van der Waals surface area contributed by atoms with Crippen LogP contribution in [0.1, 0.15) is 67.5 Å². The molecular formula is C22H33N3O. The maximum absolute atomic E-state index is 6.26. The summed E-state index contributed by atoms with van der Waals surface area (Å²) in [6.45, 7) is 7.94. The van der Waals surface area contributed by atoms with Crippen LogP contribution in [-0.2, 0) is 13.2 Å². The predicted molar refractivity (Wildman–Crippen MR) is 107 cm³/mol. The molecule has 1 aliphatic carbocycles. The highest BCUT2D eigenvalue weighted by Crippen LogP contribution is 2.35. The number of benzene rings is 1. The maximum atomic E-state index is 6.26. The number of nitrogens with one attached hydrogen (secondary N) is 1. The van der Waals surface area contributed by atoms with Crippen molar-refractivity contribution >= 4 is 0 Å². The van der Waals surface area contributed by atoms with E-state index in [-0.39, 0.29) is 0 Å². The molecule has 1 aliphatic rings. The molecule has 4 nitrogen and oxygen atoms in total. The van der Waals surface area contributed by atoms with Gasteiger partial charge in [-0.15, -0.1) is 0 Å². The molecule has 142 valence electrons. The predicted octanol–water partition coefficient (Wildman–Crippen LogP) is 4.94. The molecule has 1 heterocycles. The molecule has 0 bridgehead atoms. The highest BCUT2D eigenvalue weighted by Gasteiger charge is 2.25. The van der Waals surface area contributed by atoms with Crippen LogP contribution in [-0.4, -0.2) is 16.8 Å². The van der Waals surface area contributed by atoms with Crippen LogP contribution in [0.4, 0.5) is 0 Å². The lowest BCUT2D eigenvalue weighted by molar-refractivity contribution is 0.209. The Bertz CT molecular complexity index is 716. The van der Waals surface area contributed by atoms with E-state index in [1.807, 2.05) is 7.05 Å². The summed E-state index contributed by atoms with van der Waals surface area (Å²) in [4.78, 5) is 0. The summed E-state index contributed by atoms with van der Waals surface area (Å²) < 4.78 is 8.39. The van der Waals surface area contributed by atoms with E-state index in [1.54, 1.807) is 0 Å². The average molecular weight is 356 g/mol. The number of hydrogen-bond donors (Lipinski definition) is 1. The monoisotopic (exact) mass is 355 g/mol. The van der Waals surface area contributed by atoms with Gasteiger partial charge < -0.3 is 10.1 Å². The second-order valence-electron chi connectivity index (χ2n) is 7.81. The van der Waals surface area contributed by atoms with E-state index in [0.29, 0.717) is 18.6 Å². The number of ether oxygens (including phenoxy) is 1. The third-order valence-electron chi connectivity index (χ3n) is 5.70. The minimum Gasteiger partial charge on any atom is -0.473 e. The molecule has 1 N–H and O–H groups in total. The molecule has 0 saturated heterocycles. The van der Waals surface area contributed by atoms with Crippen LogP contribution in [0, 0.1) is 19.8 Å². The number of rotatable bonds is 7. The zero-order valence-electron chi connectivity index (χ0n) is 16.7. The van der Waals surface area contributed by atoms with Gasteiger partial charge in [0.25, 0.3) is 0 Å². The smallest absolute Gasteiger partial charge is 0.212 e. The van der Waals surface area contributed by atoms with Crippen molar-refractivity contribution in [2.75, 3.05) is 7.05 Å². The molecule has 0 aliphatic heterocycles. The number of nitrogens with zero attached hydrogens (tertiary/aromatic N) is 2. The lowest BCUT2D eigenvalue weighted by atomic mass is 9.85. The number of aromatic nitrogens is 2. The van der Waals surface area contributed by atoms with E-state index in [0.717, 1.165) is 18.1 Å². The van der Waals surface area contributed by atoms with Gasteiger partial charge >= 0.3 is 0 Å². The van der Waals surface area contributed by atoms with Crippen molar-refractivity contribution < 1.29 is 4.74 Å². The number of aryl methyl sites for hydroxylation is 2. The zero-order valence-corrected chi connectivity index (χ0v) is 16.7. The molecule has 2 aromatic rings. The van der Waals surface area contributed by atoms with Crippen molar-refractivity contribution in [3.63, 3.8) is 0 Å². The Balaban J connectivity index is 1.78. The Morgan fingerprint density at radius 1 is 1.19 bits per heavy atom. The van der Waals surface area contributed by atoms with E-state index < -0.39 is 0 Å². The molecule has 1 aromatic heterocycles. The minimum absolute atomic E-state index is 0.384. The molecule has 0 radical (unpaired) electrons. The largest absolute Gasteiger partial charge is 0.473 e. The first kappa shape index (κ1) is 19.0. The van der Waals surface area contributed by atoms with Crippen LogP contribution >= 0.6 is 0 Å². The summed E-state index contributed by atoms with van der Waals surface area (Å²) >= 11 is 0. The van der Waals surface area contributed by atoms with Crippen LogP contribution < -0.4 is 10.1 Å². The average Bonchev–Trinajstić information content (AvgIpc) is 3.04. The van der Waals surface area contributed by atoms with Crippen LogP contribution in [0.3, 0.4) is 0 Å². The van der Waals surface area contributed by atoms with E-state index in [4.69, 9.17) is 9.84 Å². The second-order valence-corrected chi connectivity index (χ2v) is 7.81. The lowest BCUT2D eigenvalue weighted by Crippen LogP contribution is -2.21. The Morgan fingerprint density at radius 2 is 1.96 bits per heavy atom. The molecule has 0 amide bonds. The highest BCUT2D eigenvalue weighted by atomic mass is 16.5. The SMILES string of the molecule is CNCc1cc(OCc2ccc(C)cc2C)n(C(C)C2CCCCC2)n1. The van der Waals surface area contributed by atoms with E-state index in [1.165, 1.54) is 48.8 Å². The van der Waals surface area contributed by atoms with Gasteiger partial charge in [0.05, 0.1) is 11.7 Å². The molecular weight excluding hydrogens is 322 g/mol. The van der Waals surface area contributed by atoms with E-state index in [2.05, 4.69) is 55.0 Å². The van der Waals surface area contributed by atoms with Gasteiger partial charge in [-0.3, -0.25) is 0 Å². The first-order valence-corrected chi connectivity index (χ1v) is 10.0. The summed E-state index contributed by atoms with van der Waals surface area (Å²) in [5.41, 5.74) is 4.86. The van der Waals surface area contributed by atoms with Gasteiger partial charge in [-0.25, -0.2) is 4.68 Å². The molecule has 1 fully saturated rings. The van der Waals surface area contributed by atoms with E-state index in [9.17, 15) is 0 Å². The molecule has 0 spiro atoms. The second kappa shape index (κ2) is 8.72. The molecule has 26 heavy (non-hydrogen) atoms. The summed E-state index contributed by atoms with van der Waals surface area (Å²) in [6, 6.07) is 9.02. The molecule has 3 rings (SSSR count). The molecule has 4 heteroatoms. The highest BCUT2D eigenvalue weighted by molar-refractivity contribution is 5.30. The van der Waals surface area contributed by atoms with Gasteiger partial charge in [0, 0.05) is 12.6 Å². The van der Waals surface area contributed by atoms with Gasteiger partial charge in [-0.1, -0.05) is 43.0 Å². The zero-order chi connectivity index (χ0) is 18.5. The molecule has 1 atom stereocenters. The topological polar surface area (TPSA) is 39.1 Å². The summed E-state index contributed by atoms with van der Waals surface area (Å²) in [7, 11) is 1.96.